The second-order valence-electron chi connectivity index (χ2n) is 8.19. The summed E-state index contributed by atoms with van der Waals surface area (Å²) in [6, 6.07) is 23.4. The fourth-order valence-electron chi connectivity index (χ4n) is 4.12. The Morgan fingerprint density at radius 3 is 2.00 bits per heavy atom. The van der Waals surface area contributed by atoms with Crippen LogP contribution in [0.15, 0.2) is 77.7 Å². The van der Waals surface area contributed by atoms with E-state index in [0.29, 0.717) is 6.54 Å². The molecule has 0 saturated carbocycles. The van der Waals surface area contributed by atoms with Crippen molar-refractivity contribution >= 4 is 27.2 Å². The highest BCUT2D eigenvalue weighted by Gasteiger charge is 2.31. The highest BCUT2D eigenvalue weighted by atomic mass is 32.2. The molecular formula is C25H29N3O3S. The van der Waals surface area contributed by atoms with Crippen LogP contribution in [0.25, 0.3) is 0 Å². The minimum Gasteiger partial charge on any atom is -0.372 e. The predicted octanol–water partition coefficient (Wildman–Crippen LogP) is 4.42. The Bertz CT molecular complexity index is 1150. The van der Waals surface area contributed by atoms with Crippen LogP contribution in [0.5, 0.6) is 0 Å². The Hall–Kier alpha value is -3.03. The first-order chi connectivity index (χ1) is 15.3. The summed E-state index contributed by atoms with van der Waals surface area (Å²) in [6.07, 6.45) is 0.134. The molecule has 0 bridgehead atoms. The molecule has 0 radical (unpaired) electrons. The molecule has 0 amide bonds. The Balaban J connectivity index is 1.38. The van der Waals surface area contributed by atoms with Gasteiger partial charge in [0.25, 0.3) is 10.1 Å². The number of fused-ring (bicyclic) bond motifs is 1. The molecule has 32 heavy (non-hydrogen) atoms. The quantitative estimate of drug-likeness (QED) is 0.496. The molecule has 168 valence electrons. The molecule has 4 rings (SSSR count). The van der Waals surface area contributed by atoms with Crippen molar-refractivity contribution in [1.82, 2.24) is 0 Å². The number of hydrogen-bond acceptors (Lipinski definition) is 6. The van der Waals surface area contributed by atoms with Gasteiger partial charge in [-0.1, -0.05) is 42.0 Å². The number of anilines is 3. The third-order valence-electron chi connectivity index (χ3n) is 5.98. The van der Waals surface area contributed by atoms with Gasteiger partial charge in [0, 0.05) is 33.4 Å². The van der Waals surface area contributed by atoms with E-state index in [1.165, 1.54) is 16.9 Å². The first-order valence-electron chi connectivity index (χ1n) is 10.6. The van der Waals surface area contributed by atoms with E-state index in [4.69, 9.17) is 4.18 Å². The Morgan fingerprint density at radius 1 is 0.875 bits per heavy atom. The van der Waals surface area contributed by atoms with Crippen molar-refractivity contribution in [3.8, 4) is 0 Å². The molecule has 0 unspecified atom stereocenters. The SMILES string of the molecule is Cc1ccc(S(=O)(=O)OCCN(C)c2ccc(C3N(C)c4ccccc4N3C)cc2)cc1. The second-order valence-corrected chi connectivity index (χ2v) is 9.80. The molecule has 3 aromatic carbocycles. The smallest absolute Gasteiger partial charge is 0.297 e. The highest BCUT2D eigenvalue weighted by molar-refractivity contribution is 7.86. The summed E-state index contributed by atoms with van der Waals surface area (Å²) in [5, 5.41) is 0. The number of para-hydroxylation sites is 2. The Morgan fingerprint density at radius 2 is 1.44 bits per heavy atom. The van der Waals surface area contributed by atoms with E-state index >= 15 is 0 Å². The molecule has 0 N–H and O–H groups in total. The topological polar surface area (TPSA) is 53.1 Å². The van der Waals surface area contributed by atoms with Crippen molar-refractivity contribution in [2.45, 2.75) is 18.0 Å². The number of likely N-dealkylation sites (N-methyl/N-ethyl adjacent to an activating group) is 1. The molecule has 0 atom stereocenters. The number of aryl methyl sites for hydroxylation is 1. The van der Waals surface area contributed by atoms with Crippen molar-refractivity contribution in [2.24, 2.45) is 0 Å². The zero-order valence-electron chi connectivity index (χ0n) is 18.9. The molecule has 0 aromatic heterocycles. The molecule has 0 spiro atoms. The largest absolute Gasteiger partial charge is 0.372 e. The third-order valence-corrected chi connectivity index (χ3v) is 7.31. The fraction of sp³-hybridized carbons (Fsp3) is 0.280. The van der Waals surface area contributed by atoms with Crippen LogP contribution in [-0.2, 0) is 14.3 Å². The van der Waals surface area contributed by atoms with E-state index in [1.807, 2.05) is 18.9 Å². The van der Waals surface area contributed by atoms with Crippen molar-refractivity contribution in [3.63, 3.8) is 0 Å². The fourth-order valence-corrected chi connectivity index (χ4v) is 5.02. The van der Waals surface area contributed by atoms with Gasteiger partial charge in [0.2, 0.25) is 0 Å². The van der Waals surface area contributed by atoms with Crippen molar-refractivity contribution < 1.29 is 12.6 Å². The van der Waals surface area contributed by atoms with E-state index in [2.05, 4.69) is 72.4 Å². The van der Waals surface area contributed by atoms with Crippen LogP contribution < -0.4 is 14.7 Å². The maximum atomic E-state index is 12.4. The second kappa shape index (κ2) is 8.84. The third kappa shape index (κ3) is 4.31. The average molecular weight is 452 g/mol. The van der Waals surface area contributed by atoms with Gasteiger partial charge >= 0.3 is 0 Å². The van der Waals surface area contributed by atoms with Gasteiger partial charge in [0.1, 0.15) is 6.17 Å². The molecular weight excluding hydrogens is 422 g/mol. The number of rotatable bonds is 7. The van der Waals surface area contributed by atoms with Crippen LogP contribution in [0.4, 0.5) is 17.1 Å². The van der Waals surface area contributed by atoms with Crippen molar-refractivity contribution in [3.05, 3.63) is 83.9 Å². The van der Waals surface area contributed by atoms with Crippen molar-refractivity contribution in [2.75, 3.05) is 49.0 Å². The van der Waals surface area contributed by atoms with Crippen molar-refractivity contribution in [1.29, 1.82) is 0 Å². The monoisotopic (exact) mass is 451 g/mol. The lowest BCUT2D eigenvalue weighted by atomic mass is 10.1. The number of nitrogens with zero attached hydrogens (tertiary/aromatic N) is 3. The number of benzene rings is 3. The zero-order chi connectivity index (χ0) is 22.9. The summed E-state index contributed by atoms with van der Waals surface area (Å²) in [4.78, 5) is 6.72. The summed E-state index contributed by atoms with van der Waals surface area (Å²) in [7, 11) is 2.40. The number of hydrogen-bond donors (Lipinski definition) is 0. The van der Waals surface area contributed by atoms with Crippen LogP contribution in [0.1, 0.15) is 17.3 Å². The molecule has 6 nitrogen and oxygen atoms in total. The van der Waals surface area contributed by atoms with Crippen LogP contribution in [0.2, 0.25) is 0 Å². The minimum absolute atomic E-state index is 0.0812. The summed E-state index contributed by atoms with van der Waals surface area (Å²) in [5.41, 5.74) is 5.64. The molecule has 1 aliphatic heterocycles. The standard InChI is InChI=1S/C25H29N3O3S/c1-19-9-15-22(16-10-19)32(29,30)31-18-17-26(2)21-13-11-20(12-14-21)25-27(3)23-7-5-6-8-24(23)28(25)4/h5-16,25H,17-18H2,1-4H3. The molecule has 1 aliphatic rings. The summed E-state index contributed by atoms with van der Waals surface area (Å²) < 4.78 is 29.9. The molecule has 3 aromatic rings. The minimum atomic E-state index is -3.75. The highest BCUT2D eigenvalue weighted by Crippen LogP contribution is 2.44. The molecule has 0 fully saturated rings. The van der Waals surface area contributed by atoms with Gasteiger partial charge in [0.05, 0.1) is 22.9 Å². The Kier molecular flexibility index (Phi) is 6.13. The molecule has 1 heterocycles. The lowest BCUT2D eigenvalue weighted by Gasteiger charge is -2.29. The van der Waals surface area contributed by atoms with Gasteiger partial charge in [-0.3, -0.25) is 4.18 Å². The van der Waals surface area contributed by atoms with Crippen LogP contribution in [0.3, 0.4) is 0 Å². The van der Waals surface area contributed by atoms with Gasteiger partial charge in [0.15, 0.2) is 0 Å². The van der Waals surface area contributed by atoms with Crippen LogP contribution >= 0.6 is 0 Å². The summed E-state index contributed by atoms with van der Waals surface area (Å²) in [6.45, 7) is 2.45. The first-order valence-corrected chi connectivity index (χ1v) is 12.0. The molecule has 0 saturated heterocycles. The van der Waals surface area contributed by atoms with Gasteiger partial charge in [-0.2, -0.15) is 8.42 Å². The molecule has 0 aliphatic carbocycles. The summed E-state index contributed by atoms with van der Waals surface area (Å²) in [5.74, 6) is 0. The van der Waals surface area contributed by atoms with Gasteiger partial charge in [-0.05, 0) is 48.9 Å². The predicted molar refractivity (Wildman–Crippen MR) is 130 cm³/mol. The van der Waals surface area contributed by atoms with Gasteiger partial charge in [-0.15, -0.1) is 0 Å². The molecule has 7 heteroatoms. The Labute approximate surface area is 190 Å². The maximum absolute atomic E-state index is 12.4. The zero-order valence-corrected chi connectivity index (χ0v) is 19.7. The summed E-state index contributed by atoms with van der Waals surface area (Å²) >= 11 is 0. The lowest BCUT2D eigenvalue weighted by molar-refractivity contribution is 0.325. The first kappa shape index (κ1) is 22.2. The van der Waals surface area contributed by atoms with E-state index in [1.54, 1.807) is 24.3 Å². The average Bonchev–Trinajstić information content (AvgIpc) is 3.04. The van der Waals surface area contributed by atoms with E-state index in [-0.39, 0.29) is 17.7 Å². The van der Waals surface area contributed by atoms with E-state index in [0.717, 1.165) is 11.3 Å². The van der Waals surface area contributed by atoms with Crippen LogP contribution in [-0.4, -0.2) is 42.7 Å². The van der Waals surface area contributed by atoms with Crippen LogP contribution in [0, 0.1) is 6.92 Å². The normalized spacial score (nSPS) is 14.0. The van der Waals surface area contributed by atoms with E-state index < -0.39 is 10.1 Å². The lowest BCUT2D eigenvalue weighted by Crippen LogP contribution is -2.30. The maximum Gasteiger partial charge on any atom is 0.297 e. The van der Waals surface area contributed by atoms with E-state index in [9.17, 15) is 8.42 Å². The van der Waals surface area contributed by atoms with Gasteiger partial charge < -0.3 is 14.7 Å². The van der Waals surface area contributed by atoms with Gasteiger partial charge in [-0.25, -0.2) is 0 Å².